The monoisotopic (exact) mass is 202 g/mol. The number of para-hydroxylation sites is 1. The highest BCUT2D eigenvalue weighted by atomic mass is 32.1. The molecule has 0 fully saturated rings. The van der Waals surface area contributed by atoms with Gasteiger partial charge in [-0.3, -0.25) is 4.79 Å². The molecule has 1 aromatic carbocycles. The Morgan fingerprint density at radius 3 is 2.64 bits per heavy atom. The number of hydrogen-bond acceptors (Lipinski definition) is 2. The predicted molar refractivity (Wildman–Crippen MR) is 57.6 cm³/mol. The first-order valence-corrected chi connectivity index (χ1v) is 5.06. The fourth-order valence-electron chi connectivity index (χ4n) is 1.08. The number of benzene rings is 1. The number of thiophene rings is 1. The average molecular weight is 202 g/mol. The smallest absolute Gasteiger partial charge is 0.257 e. The molecule has 1 heterocycles. The van der Waals surface area contributed by atoms with Gasteiger partial charge in [-0.05, 0) is 23.6 Å². The molecule has 0 aliphatic rings. The van der Waals surface area contributed by atoms with Crippen LogP contribution in [-0.4, -0.2) is 5.91 Å². The van der Waals surface area contributed by atoms with E-state index in [0.29, 0.717) is 5.56 Å². The van der Waals surface area contributed by atoms with Gasteiger partial charge in [-0.2, -0.15) is 0 Å². The first kappa shape index (κ1) is 8.97. The van der Waals surface area contributed by atoms with Crippen molar-refractivity contribution in [2.75, 3.05) is 5.32 Å². The number of rotatable bonds is 2. The van der Waals surface area contributed by atoms with Crippen molar-refractivity contribution < 1.29 is 4.79 Å². The van der Waals surface area contributed by atoms with Crippen LogP contribution >= 0.6 is 11.3 Å². The molecule has 14 heavy (non-hydrogen) atoms. The van der Waals surface area contributed by atoms with Crippen LogP contribution in [0.5, 0.6) is 0 Å². The van der Waals surface area contributed by atoms with Gasteiger partial charge in [-0.1, -0.05) is 18.2 Å². The van der Waals surface area contributed by atoms with Gasteiger partial charge in [0.2, 0.25) is 0 Å². The van der Waals surface area contributed by atoms with E-state index in [4.69, 9.17) is 0 Å². The van der Waals surface area contributed by atoms with Crippen LogP contribution in [0.4, 0.5) is 5.69 Å². The maximum atomic E-state index is 11.5. The van der Waals surface area contributed by atoms with Gasteiger partial charge in [-0.15, -0.1) is 11.3 Å². The maximum Gasteiger partial charge on any atom is 0.257 e. The normalized spacial score (nSPS) is 9.71. The molecule has 1 radical (unpaired) electrons. The lowest BCUT2D eigenvalue weighted by atomic mass is 10.3. The van der Waals surface area contributed by atoms with E-state index in [1.165, 1.54) is 11.3 Å². The first-order chi connectivity index (χ1) is 6.86. The summed E-state index contributed by atoms with van der Waals surface area (Å²) in [6.45, 7) is 0. The second-order valence-electron chi connectivity index (χ2n) is 2.76. The SMILES string of the molecule is O=C(Nc1ccccc1)c1[c]scc1. The van der Waals surface area contributed by atoms with Crippen molar-refractivity contribution in [1.29, 1.82) is 0 Å². The van der Waals surface area contributed by atoms with Crippen LogP contribution in [-0.2, 0) is 0 Å². The molecular weight excluding hydrogens is 194 g/mol. The Balaban J connectivity index is 2.10. The molecular formula is C11H8NOS. The predicted octanol–water partition coefficient (Wildman–Crippen LogP) is 2.80. The molecule has 3 heteroatoms. The zero-order valence-corrected chi connectivity index (χ0v) is 8.17. The summed E-state index contributed by atoms with van der Waals surface area (Å²) in [5, 5.41) is 7.50. The number of hydrogen-bond donors (Lipinski definition) is 1. The zero-order chi connectivity index (χ0) is 9.80. The van der Waals surface area contributed by atoms with Crippen molar-refractivity contribution >= 4 is 22.9 Å². The van der Waals surface area contributed by atoms with Crippen LogP contribution in [0.15, 0.2) is 41.8 Å². The van der Waals surface area contributed by atoms with E-state index in [9.17, 15) is 4.79 Å². The van der Waals surface area contributed by atoms with Crippen molar-refractivity contribution in [1.82, 2.24) is 0 Å². The Morgan fingerprint density at radius 1 is 1.21 bits per heavy atom. The zero-order valence-electron chi connectivity index (χ0n) is 7.36. The van der Waals surface area contributed by atoms with Crippen molar-refractivity contribution in [3.05, 3.63) is 52.7 Å². The molecule has 0 bridgehead atoms. The van der Waals surface area contributed by atoms with Crippen LogP contribution in [0.25, 0.3) is 0 Å². The van der Waals surface area contributed by atoms with Gasteiger partial charge in [-0.25, -0.2) is 0 Å². The molecule has 2 aromatic rings. The summed E-state index contributed by atoms with van der Waals surface area (Å²) in [5.74, 6) is -0.113. The molecule has 69 valence electrons. The van der Waals surface area contributed by atoms with E-state index in [0.717, 1.165) is 5.69 Å². The first-order valence-electron chi connectivity index (χ1n) is 4.18. The summed E-state index contributed by atoms with van der Waals surface area (Å²) >= 11 is 1.39. The minimum Gasteiger partial charge on any atom is -0.322 e. The maximum absolute atomic E-state index is 11.5. The number of carbonyl (C=O) groups is 1. The Bertz CT molecular complexity index is 408. The van der Waals surface area contributed by atoms with Gasteiger partial charge in [0.1, 0.15) is 0 Å². The molecule has 1 amide bonds. The summed E-state index contributed by atoms with van der Waals surface area (Å²) in [6, 6.07) is 11.1. The van der Waals surface area contributed by atoms with E-state index in [1.807, 2.05) is 35.7 Å². The van der Waals surface area contributed by atoms with Crippen molar-refractivity contribution in [2.45, 2.75) is 0 Å². The van der Waals surface area contributed by atoms with Gasteiger partial charge in [0.25, 0.3) is 5.91 Å². The summed E-state index contributed by atoms with van der Waals surface area (Å²) in [5.41, 5.74) is 1.39. The lowest BCUT2D eigenvalue weighted by molar-refractivity contribution is 0.102. The molecule has 2 rings (SSSR count). The Labute approximate surface area is 86.2 Å². The van der Waals surface area contributed by atoms with Crippen molar-refractivity contribution in [2.24, 2.45) is 0 Å². The lowest BCUT2D eigenvalue weighted by Gasteiger charge is -2.01. The second kappa shape index (κ2) is 4.07. The summed E-state index contributed by atoms with van der Waals surface area (Å²) in [6.07, 6.45) is 0. The second-order valence-corrected chi connectivity index (χ2v) is 3.47. The van der Waals surface area contributed by atoms with E-state index >= 15 is 0 Å². The molecule has 0 unspecified atom stereocenters. The quantitative estimate of drug-likeness (QED) is 0.797. The molecule has 0 saturated heterocycles. The van der Waals surface area contributed by atoms with E-state index in [1.54, 1.807) is 6.07 Å². The molecule has 0 saturated carbocycles. The third kappa shape index (κ3) is 2.00. The summed E-state index contributed by atoms with van der Waals surface area (Å²) in [7, 11) is 0. The largest absolute Gasteiger partial charge is 0.322 e. The van der Waals surface area contributed by atoms with Crippen LogP contribution in [0.2, 0.25) is 0 Å². The third-order valence-corrected chi connectivity index (χ3v) is 2.36. The van der Waals surface area contributed by atoms with Gasteiger partial charge in [0.05, 0.1) is 10.9 Å². The molecule has 1 N–H and O–H groups in total. The summed E-state index contributed by atoms with van der Waals surface area (Å²) in [4.78, 5) is 11.5. The molecule has 0 aliphatic heterocycles. The highest BCUT2D eigenvalue weighted by Gasteiger charge is 2.05. The highest BCUT2D eigenvalue weighted by Crippen LogP contribution is 2.10. The van der Waals surface area contributed by atoms with Gasteiger partial charge < -0.3 is 5.32 Å². The molecule has 0 aliphatic carbocycles. The van der Waals surface area contributed by atoms with Gasteiger partial charge in [0.15, 0.2) is 0 Å². The number of anilines is 1. The van der Waals surface area contributed by atoms with Crippen LogP contribution < -0.4 is 5.32 Å². The van der Waals surface area contributed by atoms with E-state index in [2.05, 4.69) is 10.7 Å². The lowest BCUT2D eigenvalue weighted by Crippen LogP contribution is -2.10. The fraction of sp³-hybridized carbons (Fsp3) is 0. The van der Waals surface area contributed by atoms with Gasteiger partial charge in [0, 0.05) is 5.69 Å². The molecule has 0 atom stereocenters. The number of nitrogens with one attached hydrogen (secondary N) is 1. The Kier molecular flexibility index (Phi) is 2.60. The van der Waals surface area contributed by atoms with E-state index in [-0.39, 0.29) is 5.91 Å². The number of carbonyl (C=O) groups excluding carboxylic acids is 1. The molecule has 0 spiro atoms. The Hall–Kier alpha value is -1.61. The average Bonchev–Trinajstić information content (AvgIpc) is 2.72. The van der Waals surface area contributed by atoms with Crippen LogP contribution in [0.1, 0.15) is 10.4 Å². The van der Waals surface area contributed by atoms with Crippen LogP contribution in [0, 0.1) is 5.38 Å². The standard InChI is InChI=1S/C11H8NOS/c13-11(9-6-7-14-8-9)12-10-4-2-1-3-5-10/h1-7H,(H,12,13). The molecule has 1 aromatic heterocycles. The third-order valence-electron chi connectivity index (χ3n) is 1.75. The highest BCUT2D eigenvalue weighted by molar-refractivity contribution is 7.07. The van der Waals surface area contributed by atoms with Crippen molar-refractivity contribution in [3.8, 4) is 0 Å². The fourth-order valence-corrected chi connectivity index (χ4v) is 1.64. The van der Waals surface area contributed by atoms with Crippen molar-refractivity contribution in [3.63, 3.8) is 0 Å². The minimum atomic E-state index is -0.113. The number of amides is 1. The Morgan fingerprint density at radius 2 is 2.00 bits per heavy atom. The van der Waals surface area contributed by atoms with Crippen LogP contribution in [0.3, 0.4) is 0 Å². The van der Waals surface area contributed by atoms with E-state index < -0.39 is 0 Å². The van der Waals surface area contributed by atoms with Gasteiger partial charge >= 0.3 is 0 Å². The minimum absolute atomic E-state index is 0.113. The summed E-state index contributed by atoms with van der Waals surface area (Å²) < 4.78 is 0. The topological polar surface area (TPSA) is 29.1 Å². The molecule has 2 nitrogen and oxygen atoms in total.